The molecule has 0 atom stereocenters. The molecule has 0 aromatic heterocycles. The molecule has 0 unspecified atom stereocenters. The van der Waals surface area contributed by atoms with E-state index >= 15 is 0 Å². The number of hydrogen-bond donors (Lipinski definition) is 0. The third kappa shape index (κ3) is 3.79. The lowest BCUT2D eigenvalue weighted by Crippen LogP contribution is -2.25. The molecule has 1 aromatic carbocycles. The van der Waals surface area contributed by atoms with Gasteiger partial charge in [0.05, 0.1) is 0 Å². The van der Waals surface area contributed by atoms with Crippen LogP contribution in [0.5, 0.6) is 0 Å². The molecule has 2 aliphatic carbocycles. The Bertz CT molecular complexity index is 569. The number of aryl methyl sites for hydroxylation is 2. The molecular weight excluding hydrogens is 288 g/mol. The maximum absolute atomic E-state index is 4.51. The van der Waals surface area contributed by atoms with Crippen LogP contribution in [0.1, 0.15) is 84.8 Å². The summed E-state index contributed by atoms with van der Waals surface area (Å²) >= 11 is 0. The third-order valence-corrected chi connectivity index (χ3v) is 7.29. The summed E-state index contributed by atoms with van der Waals surface area (Å²) in [5.74, 6) is 3.72. The first-order valence-corrected chi connectivity index (χ1v) is 10.2. The van der Waals surface area contributed by atoms with Crippen molar-refractivity contribution in [2.24, 2.45) is 23.7 Å². The Kier molecular flexibility index (Phi) is 5.52. The number of hydrogen-bond acceptors (Lipinski definition) is 0. The fourth-order valence-corrected chi connectivity index (χ4v) is 5.15. The summed E-state index contributed by atoms with van der Waals surface area (Å²) in [4.78, 5) is 0. The molecule has 0 amide bonds. The van der Waals surface area contributed by atoms with E-state index in [0.29, 0.717) is 5.92 Å². The smallest absolute Gasteiger partial charge is 0 e. The van der Waals surface area contributed by atoms with Gasteiger partial charge in [-0.1, -0.05) is 38.5 Å². The van der Waals surface area contributed by atoms with E-state index < -0.39 is 0 Å². The van der Waals surface area contributed by atoms with Gasteiger partial charge in [-0.15, -0.1) is 0 Å². The second kappa shape index (κ2) is 7.46. The van der Waals surface area contributed by atoms with Crippen LogP contribution in [-0.2, 0) is 0 Å². The molecule has 24 heavy (non-hydrogen) atoms. The van der Waals surface area contributed by atoms with Crippen molar-refractivity contribution in [2.45, 2.75) is 79.1 Å². The number of benzene rings is 1. The van der Waals surface area contributed by atoms with Gasteiger partial charge in [0.1, 0.15) is 0 Å². The minimum absolute atomic E-state index is 0. The normalized spacial score (nSPS) is 31.0. The van der Waals surface area contributed by atoms with E-state index in [1.807, 2.05) is 0 Å². The van der Waals surface area contributed by atoms with Gasteiger partial charge in [-0.05, 0) is 111 Å². The molecular formula is C24H42. The van der Waals surface area contributed by atoms with Crippen LogP contribution in [0.4, 0.5) is 0 Å². The van der Waals surface area contributed by atoms with Gasteiger partial charge < -0.3 is 0 Å². The molecule has 0 aliphatic heterocycles. The monoisotopic (exact) mass is 330 g/mol. The van der Waals surface area contributed by atoms with Gasteiger partial charge in [0, 0.05) is 4.28 Å². The zero-order valence-corrected chi connectivity index (χ0v) is 16.3. The summed E-state index contributed by atoms with van der Waals surface area (Å²) in [6.45, 7) is 13.6. The summed E-state index contributed by atoms with van der Waals surface area (Å²) in [6, 6.07) is 4.72. The molecule has 2 aliphatic rings. The topological polar surface area (TPSA) is 0 Å². The predicted molar refractivity (Wildman–Crippen MR) is 113 cm³/mol. The molecule has 0 heterocycles. The van der Waals surface area contributed by atoms with Crippen molar-refractivity contribution in [1.29, 1.82) is 0 Å². The van der Waals surface area contributed by atoms with Crippen LogP contribution in [-0.4, -0.2) is 0 Å². The lowest BCUT2D eigenvalue weighted by atomic mass is 9.68. The average Bonchev–Trinajstić information content (AvgIpc) is 2.59. The second-order valence-electron chi connectivity index (χ2n) is 8.89. The molecule has 138 valence electrons. The van der Waals surface area contributed by atoms with E-state index in [0.717, 1.165) is 17.8 Å². The van der Waals surface area contributed by atoms with Crippen LogP contribution >= 0.6 is 0 Å². The quantitative estimate of drug-likeness (QED) is 0.526. The van der Waals surface area contributed by atoms with Crippen molar-refractivity contribution in [1.82, 2.24) is 0 Å². The van der Waals surface area contributed by atoms with Gasteiger partial charge in [-0.25, -0.2) is 0 Å². The van der Waals surface area contributed by atoms with Gasteiger partial charge in [0.15, 0.2) is 0 Å². The first kappa shape index (κ1) is 17.8. The average molecular weight is 331 g/mol. The Morgan fingerprint density at radius 2 is 1.29 bits per heavy atom. The van der Waals surface area contributed by atoms with Crippen molar-refractivity contribution >= 4 is 5.57 Å². The Morgan fingerprint density at radius 3 is 1.79 bits per heavy atom. The molecule has 2 saturated carbocycles. The zero-order valence-electron chi connectivity index (χ0n) is 16.3. The van der Waals surface area contributed by atoms with Gasteiger partial charge in [-0.2, -0.15) is 0 Å². The van der Waals surface area contributed by atoms with Gasteiger partial charge in [-0.3, -0.25) is 0 Å². The van der Waals surface area contributed by atoms with Crippen LogP contribution < -0.4 is 0 Å². The van der Waals surface area contributed by atoms with Crippen molar-refractivity contribution in [3.05, 3.63) is 41.0 Å². The Morgan fingerprint density at radius 1 is 0.833 bits per heavy atom. The maximum Gasteiger partial charge on any atom is 0 e. The number of rotatable bonds is 3. The van der Waals surface area contributed by atoms with E-state index in [9.17, 15) is 0 Å². The molecule has 0 bridgehead atoms. The third-order valence-electron chi connectivity index (χ3n) is 7.29. The highest BCUT2D eigenvalue weighted by Gasteiger charge is 2.30. The summed E-state index contributed by atoms with van der Waals surface area (Å²) in [6.07, 6.45) is 11.5. The standard InChI is InChI=1S/C24H36.3H2/c1-16-6-8-22(9-7-16)23-12-10-21(11-13-23)20(5)24-14-17(2)19(4)18(3)15-24;;;/h14-16,21-23H,5-13H2,1-4H3;3*1H. The molecule has 0 heteroatoms. The fourth-order valence-electron chi connectivity index (χ4n) is 5.15. The van der Waals surface area contributed by atoms with Crippen LogP contribution in [0.2, 0.25) is 0 Å². The highest BCUT2D eigenvalue weighted by molar-refractivity contribution is 5.67. The van der Waals surface area contributed by atoms with Crippen molar-refractivity contribution < 1.29 is 4.28 Å². The largest absolute Gasteiger partial charge is 0.0950 e. The summed E-state index contributed by atoms with van der Waals surface area (Å²) in [5.41, 5.74) is 7.05. The summed E-state index contributed by atoms with van der Waals surface area (Å²) in [7, 11) is 0. The molecule has 2 fully saturated rings. The summed E-state index contributed by atoms with van der Waals surface area (Å²) in [5, 5.41) is 0. The van der Waals surface area contributed by atoms with Crippen LogP contribution in [0.25, 0.3) is 5.57 Å². The van der Waals surface area contributed by atoms with Crippen molar-refractivity contribution in [3.8, 4) is 0 Å². The van der Waals surface area contributed by atoms with Crippen LogP contribution in [0, 0.1) is 44.4 Å². The lowest BCUT2D eigenvalue weighted by molar-refractivity contribution is 0.162. The Balaban J connectivity index is 0.00000225. The molecule has 0 nitrogen and oxygen atoms in total. The number of allylic oxidation sites excluding steroid dienone is 1. The highest BCUT2D eigenvalue weighted by atomic mass is 14.4. The molecule has 0 N–H and O–H groups in total. The van der Waals surface area contributed by atoms with Crippen molar-refractivity contribution in [3.63, 3.8) is 0 Å². The molecule has 0 spiro atoms. The lowest BCUT2D eigenvalue weighted by Gasteiger charge is -2.37. The van der Waals surface area contributed by atoms with Gasteiger partial charge >= 0.3 is 0 Å². The molecule has 1 aromatic rings. The highest BCUT2D eigenvalue weighted by Crippen LogP contribution is 2.44. The predicted octanol–water partition coefficient (Wildman–Crippen LogP) is 8.00. The molecule has 0 radical (unpaired) electrons. The van der Waals surface area contributed by atoms with Gasteiger partial charge in [0.2, 0.25) is 0 Å². The van der Waals surface area contributed by atoms with Gasteiger partial charge in [0.25, 0.3) is 0 Å². The summed E-state index contributed by atoms with van der Waals surface area (Å²) < 4.78 is 0. The fraction of sp³-hybridized carbons (Fsp3) is 0.667. The molecule has 3 rings (SSSR count). The first-order chi connectivity index (χ1) is 11.5. The van der Waals surface area contributed by atoms with E-state index in [1.54, 1.807) is 0 Å². The minimum atomic E-state index is 0. The van der Waals surface area contributed by atoms with E-state index in [-0.39, 0.29) is 4.28 Å². The Labute approximate surface area is 154 Å². The van der Waals surface area contributed by atoms with Crippen molar-refractivity contribution in [2.75, 3.05) is 0 Å². The second-order valence-corrected chi connectivity index (χ2v) is 8.89. The van der Waals surface area contributed by atoms with Crippen LogP contribution in [0.15, 0.2) is 18.7 Å². The van der Waals surface area contributed by atoms with Crippen LogP contribution in [0.3, 0.4) is 0 Å². The zero-order chi connectivity index (χ0) is 17.3. The maximum atomic E-state index is 4.51. The van der Waals surface area contributed by atoms with E-state index in [1.165, 1.54) is 79.2 Å². The Hall–Kier alpha value is -1.04. The van der Waals surface area contributed by atoms with E-state index in [4.69, 9.17) is 0 Å². The SMILES string of the molecule is C=C(c1cc(C)c(C)c(C)c1)C1CCC(C2CCC(C)CC2)CC1.[HH].[HH].[HH]. The molecule has 0 saturated heterocycles. The first-order valence-electron chi connectivity index (χ1n) is 10.2. The van der Waals surface area contributed by atoms with E-state index in [2.05, 4.69) is 46.4 Å². The minimum Gasteiger partial charge on any atom is -0.0950 e.